The molecule has 2 unspecified atom stereocenters. The summed E-state index contributed by atoms with van der Waals surface area (Å²) in [5, 5.41) is 29.0. The zero-order valence-electron chi connectivity index (χ0n) is 17.4. The summed E-state index contributed by atoms with van der Waals surface area (Å²) in [7, 11) is 1.83. The number of nitrogens with zero attached hydrogens (tertiary/aromatic N) is 5. The monoisotopic (exact) mass is 399 g/mol. The van der Waals surface area contributed by atoms with Crippen molar-refractivity contribution in [1.29, 1.82) is 10.7 Å². The van der Waals surface area contributed by atoms with E-state index in [4.69, 9.17) is 5.41 Å². The van der Waals surface area contributed by atoms with Crippen molar-refractivity contribution in [2.24, 2.45) is 16.1 Å². The zero-order valence-corrected chi connectivity index (χ0v) is 17.4. The Labute approximate surface area is 176 Å². The summed E-state index contributed by atoms with van der Waals surface area (Å²) in [6.07, 6.45) is 3.14. The minimum Gasteiger partial charge on any atom is -0.393 e. The normalized spacial score (nSPS) is 22.7. The summed E-state index contributed by atoms with van der Waals surface area (Å²) >= 11 is 0. The average molecular weight is 400 g/mol. The lowest BCUT2D eigenvalue weighted by Crippen LogP contribution is -2.39. The van der Waals surface area contributed by atoms with Gasteiger partial charge in [0.25, 0.3) is 0 Å². The Bertz CT molecular complexity index is 1050. The number of nitrogens with one attached hydrogen (secondary N) is 2. The number of anilines is 3. The van der Waals surface area contributed by atoms with Crippen LogP contribution >= 0.6 is 0 Å². The van der Waals surface area contributed by atoms with E-state index in [-0.39, 0.29) is 18.2 Å². The van der Waals surface area contributed by atoms with Crippen molar-refractivity contribution >= 4 is 28.8 Å². The SMILES string of the molecule is CN/C=C(\C=N)c1ccc2c(c1)N(c1ccc(C#N)cc1)C[C@H](C)C1N=NC(C)N21. The van der Waals surface area contributed by atoms with Crippen molar-refractivity contribution in [3.63, 3.8) is 0 Å². The topological polar surface area (TPSA) is 90.9 Å². The van der Waals surface area contributed by atoms with Crippen LogP contribution < -0.4 is 15.1 Å². The van der Waals surface area contributed by atoms with Gasteiger partial charge in [-0.1, -0.05) is 13.0 Å². The minimum atomic E-state index is -0.0296. The molecule has 0 radical (unpaired) electrons. The molecule has 152 valence electrons. The molecule has 0 bridgehead atoms. The number of rotatable bonds is 4. The summed E-state index contributed by atoms with van der Waals surface area (Å²) in [6, 6.07) is 16.1. The maximum atomic E-state index is 9.17. The van der Waals surface area contributed by atoms with Crippen LogP contribution in [0, 0.1) is 22.7 Å². The smallest absolute Gasteiger partial charge is 0.148 e. The summed E-state index contributed by atoms with van der Waals surface area (Å²) in [5.74, 6) is 0.250. The fraction of sp³-hybridized carbons (Fsp3) is 0.304. The highest BCUT2D eigenvalue weighted by molar-refractivity contribution is 6.08. The first-order valence-corrected chi connectivity index (χ1v) is 10.1. The van der Waals surface area contributed by atoms with E-state index in [1.165, 1.54) is 6.21 Å². The molecule has 7 nitrogen and oxygen atoms in total. The molecular formula is C23H25N7. The van der Waals surface area contributed by atoms with Crippen molar-refractivity contribution in [3.8, 4) is 6.07 Å². The van der Waals surface area contributed by atoms with E-state index in [0.29, 0.717) is 5.56 Å². The highest BCUT2D eigenvalue weighted by atomic mass is 15.5. The van der Waals surface area contributed by atoms with Gasteiger partial charge in [0.05, 0.1) is 23.0 Å². The Morgan fingerprint density at radius 3 is 2.60 bits per heavy atom. The van der Waals surface area contributed by atoms with Gasteiger partial charge >= 0.3 is 0 Å². The van der Waals surface area contributed by atoms with Gasteiger partial charge in [0, 0.05) is 43.2 Å². The minimum absolute atomic E-state index is 0.0111. The lowest BCUT2D eigenvalue weighted by molar-refractivity contribution is 0.464. The first-order valence-electron chi connectivity index (χ1n) is 10.1. The van der Waals surface area contributed by atoms with Gasteiger partial charge in [0.2, 0.25) is 0 Å². The maximum absolute atomic E-state index is 9.17. The molecule has 0 saturated heterocycles. The number of hydrogen-bond acceptors (Lipinski definition) is 7. The molecule has 0 spiro atoms. The second-order valence-electron chi connectivity index (χ2n) is 7.67. The number of allylic oxidation sites excluding steroid dienone is 1. The molecule has 0 aromatic heterocycles. The molecule has 2 aromatic rings. The molecule has 30 heavy (non-hydrogen) atoms. The van der Waals surface area contributed by atoms with Gasteiger partial charge in [-0.25, -0.2) is 0 Å². The van der Waals surface area contributed by atoms with E-state index in [1.807, 2.05) is 43.6 Å². The fourth-order valence-corrected chi connectivity index (χ4v) is 4.17. The van der Waals surface area contributed by atoms with Crippen LogP contribution in [0.1, 0.15) is 25.0 Å². The molecule has 0 fully saturated rings. The lowest BCUT2D eigenvalue weighted by atomic mass is 10.0. The fourth-order valence-electron chi connectivity index (χ4n) is 4.17. The van der Waals surface area contributed by atoms with E-state index in [2.05, 4.69) is 57.4 Å². The predicted octanol–water partition coefficient (Wildman–Crippen LogP) is 4.50. The quantitative estimate of drug-likeness (QED) is 0.741. The summed E-state index contributed by atoms with van der Waals surface area (Å²) in [6.45, 7) is 5.03. The predicted molar refractivity (Wildman–Crippen MR) is 120 cm³/mol. The summed E-state index contributed by atoms with van der Waals surface area (Å²) in [4.78, 5) is 4.56. The van der Waals surface area contributed by atoms with E-state index in [0.717, 1.165) is 34.7 Å². The largest absolute Gasteiger partial charge is 0.393 e. The average Bonchev–Trinajstić information content (AvgIpc) is 3.11. The molecule has 0 amide bonds. The third kappa shape index (κ3) is 3.30. The molecule has 4 rings (SSSR count). The third-order valence-electron chi connectivity index (χ3n) is 5.66. The molecule has 3 atom stereocenters. The Morgan fingerprint density at radius 1 is 1.17 bits per heavy atom. The van der Waals surface area contributed by atoms with Crippen molar-refractivity contribution in [2.45, 2.75) is 26.2 Å². The van der Waals surface area contributed by atoms with Crippen LogP contribution in [0.25, 0.3) is 5.57 Å². The molecule has 2 heterocycles. The molecular weight excluding hydrogens is 374 g/mol. The molecule has 0 aliphatic carbocycles. The van der Waals surface area contributed by atoms with E-state index < -0.39 is 0 Å². The molecule has 2 aromatic carbocycles. The standard InChI is InChI=1S/C23H25N7/c1-15-14-29(20-7-4-17(11-24)5-8-20)22-10-18(19(12-25)13-26-3)6-9-21(22)30-16(2)27-28-23(15)30/h4-10,12-13,15-16,23,25-26H,14H2,1-3H3/b19-13+,25-12?/t15-,16?,23?/m0/s1. The number of fused-ring (bicyclic) bond motifs is 3. The van der Waals surface area contributed by atoms with E-state index >= 15 is 0 Å². The van der Waals surface area contributed by atoms with Crippen LogP contribution in [-0.4, -0.2) is 32.1 Å². The van der Waals surface area contributed by atoms with Crippen LogP contribution in [0.2, 0.25) is 0 Å². The van der Waals surface area contributed by atoms with Gasteiger partial charge in [-0.05, 0) is 48.9 Å². The number of hydrogen-bond donors (Lipinski definition) is 2. The van der Waals surface area contributed by atoms with Gasteiger partial charge in [0.15, 0.2) is 0 Å². The van der Waals surface area contributed by atoms with E-state index in [1.54, 1.807) is 0 Å². The third-order valence-corrected chi connectivity index (χ3v) is 5.66. The van der Waals surface area contributed by atoms with Gasteiger partial charge in [-0.3, -0.25) is 0 Å². The Kier molecular flexibility index (Phi) is 5.23. The zero-order chi connectivity index (χ0) is 21.3. The first kappa shape index (κ1) is 19.6. The molecule has 7 heteroatoms. The lowest BCUT2D eigenvalue weighted by Gasteiger charge is -2.29. The summed E-state index contributed by atoms with van der Waals surface area (Å²) < 4.78 is 0. The van der Waals surface area contributed by atoms with Crippen molar-refractivity contribution < 1.29 is 0 Å². The van der Waals surface area contributed by atoms with Gasteiger partial charge in [0.1, 0.15) is 12.3 Å². The van der Waals surface area contributed by atoms with Crippen LogP contribution in [0.3, 0.4) is 0 Å². The first-order chi connectivity index (χ1) is 14.6. The van der Waals surface area contributed by atoms with Crippen LogP contribution in [0.4, 0.5) is 17.1 Å². The second kappa shape index (κ2) is 7.99. The van der Waals surface area contributed by atoms with Crippen molar-refractivity contribution in [1.82, 2.24) is 5.32 Å². The number of nitriles is 1. The van der Waals surface area contributed by atoms with Crippen LogP contribution in [0.5, 0.6) is 0 Å². The molecule has 2 N–H and O–H groups in total. The van der Waals surface area contributed by atoms with Gasteiger partial charge in [-0.2, -0.15) is 15.5 Å². The van der Waals surface area contributed by atoms with Gasteiger partial charge < -0.3 is 20.5 Å². The highest BCUT2D eigenvalue weighted by Crippen LogP contribution is 2.44. The number of benzene rings is 2. The number of azo groups is 1. The van der Waals surface area contributed by atoms with Crippen LogP contribution in [-0.2, 0) is 0 Å². The molecule has 2 aliphatic heterocycles. The second-order valence-corrected chi connectivity index (χ2v) is 7.67. The Balaban J connectivity index is 1.89. The van der Waals surface area contributed by atoms with Gasteiger partial charge in [-0.15, -0.1) is 0 Å². The maximum Gasteiger partial charge on any atom is 0.148 e. The Morgan fingerprint density at radius 2 is 1.93 bits per heavy atom. The molecule has 2 aliphatic rings. The van der Waals surface area contributed by atoms with Crippen LogP contribution in [0.15, 0.2) is 58.9 Å². The van der Waals surface area contributed by atoms with Crippen molar-refractivity contribution in [2.75, 3.05) is 23.4 Å². The molecule has 0 saturated carbocycles. The highest BCUT2D eigenvalue weighted by Gasteiger charge is 2.39. The summed E-state index contributed by atoms with van der Waals surface area (Å²) in [5.41, 5.74) is 5.56. The Hall–Kier alpha value is -3.66. The van der Waals surface area contributed by atoms with Crippen molar-refractivity contribution in [3.05, 3.63) is 59.8 Å². The van der Waals surface area contributed by atoms with E-state index in [9.17, 15) is 5.26 Å².